The highest BCUT2D eigenvalue weighted by Crippen LogP contribution is 2.43. The molecule has 3 heterocycles. The van der Waals surface area contributed by atoms with Crippen molar-refractivity contribution >= 4 is 11.6 Å². The lowest BCUT2D eigenvalue weighted by Gasteiger charge is -2.47. The second-order valence-electron chi connectivity index (χ2n) is 10.1. The van der Waals surface area contributed by atoms with E-state index in [2.05, 4.69) is 4.90 Å². The molecule has 188 valence electrons. The molecule has 0 N–H and O–H groups in total. The molecule has 2 aromatic carbocycles. The fourth-order valence-corrected chi connectivity index (χ4v) is 5.57. The average Bonchev–Trinajstić information content (AvgIpc) is 2.84. The van der Waals surface area contributed by atoms with Crippen LogP contribution in [0.15, 0.2) is 48.5 Å². The van der Waals surface area contributed by atoms with Crippen LogP contribution in [0.5, 0.6) is 0 Å². The molecule has 3 aliphatic heterocycles. The van der Waals surface area contributed by atoms with E-state index in [1.807, 2.05) is 29.2 Å². The Morgan fingerprint density at radius 1 is 0.886 bits per heavy atom. The monoisotopic (exact) mass is 488 g/mol. The number of hydrogen-bond acceptors (Lipinski definition) is 4. The number of anilines is 1. The minimum atomic E-state index is -4.31. The van der Waals surface area contributed by atoms with Crippen molar-refractivity contribution in [3.8, 4) is 0 Å². The SMILES string of the molecule is COC1(c2ccc(C(=O)N3CCC4(CC3)CCN(c3ccc(C(F)(F)F)cc3)CC4)cc2)COC1. The molecule has 8 heteroatoms. The lowest BCUT2D eigenvalue weighted by molar-refractivity contribution is -0.202. The maximum atomic E-state index is 13.1. The fraction of sp³-hybridized carbons (Fsp3) is 0.519. The largest absolute Gasteiger partial charge is 0.416 e. The van der Waals surface area contributed by atoms with Gasteiger partial charge in [0.25, 0.3) is 5.91 Å². The van der Waals surface area contributed by atoms with Gasteiger partial charge < -0.3 is 19.3 Å². The average molecular weight is 489 g/mol. The number of hydrogen-bond donors (Lipinski definition) is 0. The first-order valence-corrected chi connectivity index (χ1v) is 12.2. The number of rotatable bonds is 4. The van der Waals surface area contributed by atoms with Crippen LogP contribution in [-0.4, -0.2) is 57.3 Å². The van der Waals surface area contributed by atoms with Crippen molar-refractivity contribution < 1.29 is 27.4 Å². The van der Waals surface area contributed by atoms with E-state index < -0.39 is 17.3 Å². The predicted molar refractivity (Wildman–Crippen MR) is 126 cm³/mol. The van der Waals surface area contributed by atoms with Crippen LogP contribution in [0.3, 0.4) is 0 Å². The summed E-state index contributed by atoms with van der Waals surface area (Å²) in [4.78, 5) is 17.2. The molecular formula is C27H31F3N2O3. The molecule has 3 aliphatic rings. The van der Waals surface area contributed by atoms with E-state index in [1.165, 1.54) is 0 Å². The quantitative estimate of drug-likeness (QED) is 0.601. The zero-order valence-electron chi connectivity index (χ0n) is 19.9. The van der Waals surface area contributed by atoms with Crippen LogP contribution in [-0.2, 0) is 21.3 Å². The highest BCUT2D eigenvalue weighted by molar-refractivity contribution is 5.94. The van der Waals surface area contributed by atoms with Crippen molar-refractivity contribution in [2.45, 2.75) is 37.5 Å². The van der Waals surface area contributed by atoms with E-state index in [-0.39, 0.29) is 11.3 Å². The summed E-state index contributed by atoms with van der Waals surface area (Å²) in [5, 5.41) is 0. The Hall–Kier alpha value is -2.58. The fourth-order valence-electron chi connectivity index (χ4n) is 5.57. The molecule has 35 heavy (non-hydrogen) atoms. The maximum absolute atomic E-state index is 13.1. The number of halogens is 3. The number of piperidine rings is 2. The van der Waals surface area contributed by atoms with E-state index in [4.69, 9.17) is 9.47 Å². The van der Waals surface area contributed by atoms with Gasteiger partial charge in [-0.15, -0.1) is 0 Å². The molecule has 1 spiro atoms. The summed E-state index contributed by atoms with van der Waals surface area (Å²) < 4.78 is 49.5. The third-order valence-electron chi connectivity index (χ3n) is 8.21. The number of carbonyl (C=O) groups excluding carboxylic acids is 1. The van der Waals surface area contributed by atoms with Gasteiger partial charge in [0.15, 0.2) is 0 Å². The van der Waals surface area contributed by atoms with Crippen LogP contribution in [0.2, 0.25) is 0 Å². The minimum Gasteiger partial charge on any atom is -0.375 e. The van der Waals surface area contributed by atoms with Crippen molar-refractivity contribution in [3.63, 3.8) is 0 Å². The van der Waals surface area contributed by atoms with E-state index in [0.29, 0.717) is 18.8 Å². The van der Waals surface area contributed by atoms with Gasteiger partial charge in [0, 0.05) is 44.5 Å². The number of likely N-dealkylation sites (tertiary alicyclic amines) is 1. The van der Waals surface area contributed by atoms with Gasteiger partial charge in [-0.25, -0.2) is 0 Å². The van der Waals surface area contributed by atoms with E-state index in [0.717, 1.165) is 75.2 Å². The molecule has 1 amide bonds. The third kappa shape index (κ3) is 4.66. The molecule has 0 atom stereocenters. The van der Waals surface area contributed by atoms with E-state index >= 15 is 0 Å². The Kier molecular flexibility index (Phi) is 6.30. The van der Waals surface area contributed by atoms with Gasteiger partial charge in [0.05, 0.1) is 18.8 Å². The molecule has 0 aromatic heterocycles. The summed E-state index contributed by atoms with van der Waals surface area (Å²) in [5.74, 6) is 0.0601. The zero-order valence-corrected chi connectivity index (χ0v) is 19.9. The first-order chi connectivity index (χ1) is 16.7. The Balaban J connectivity index is 1.15. The predicted octanol–water partition coefficient (Wildman–Crippen LogP) is 5.10. The number of alkyl halides is 3. The Morgan fingerprint density at radius 2 is 1.46 bits per heavy atom. The molecule has 0 radical (unpaired) electrons. The van der Waals surface area contributed by atoms with Crippen molar-refractivity contribution in [1.29, 1.82) is 0 Å². The normalized spacial score (nSPS) is 21.6. The lowest BCUT2D eigenvalue weighted by Crippen LogP contribution is -2.48. The molecule has 5 rings (SSSR count). The van der Waals surface area contributed by atoms with Crippen molar-refractivity contribution in [2.24, 2.45) is 5.41 Å². The summed E-state index contributed by atoms with van der Waals surface area (Å²) in [5.41, 5.74) is 1.75. The van der Waals surface area contributed by atoms with Gasteiger partial charge in [0.1, 0.15) is 5.60 Å². The molecular weight excluding hydrogens is 457 g/mol. The zero-order chi connectivity index (χ0) is 24.7. The topological polar surface area (TPSA) is 42.0 Å². The number of amides is 1. The molecule has 0 unspecified atom stereocenters. The first-order valence-electron chi connectivity index (χ1n) is 12.2. The highest BCUT2D eigenvalue weighted by atomic mass is 19.4. The molecule has 5 nitrogen and oxygen atoms in total. The maximum Gasteiger partial charge on any atom is 0.416 e. The molecule has 0 aliphatic carbocycles. The van der Waals surface area contributed by atoms with E-state index in [1.54, 1.807) is 19.2 Å². The van der Waals surface area contributed by atoms with Crippen LogP contribution in [0, 0.1) is 5.41 Å². The van der Waals surface area contributed by atoms with Crippen LogP contribution in [0.1, 0.15) is 47.2 Å². The second kappa shape index (κ2) is 9.13. The highest BCUT2D eigenvalue weighted by Gasteiger charge is 2.41. The third-order valence-corrected chi connectivity index (χ3v) is 8.21. The van der Waals surface area contributed by atoms with Gasteiger partial charge in [0.2, 0.25) is 0 Å². The van der Waals surface area contributed by atoms with Crippen LogP contribution >= 0.6 is 0 Å². The Labute approximate surface area is 203 Å². The van der Waals surface area contributed by atoms with Crippen LogP contribution in [0.25, 0.3) is 0 Å². The first kappa shape index (κ1) is 24.1. The van der Waals surface area contributed by atoms with Crippen molar-refractivity contribution in [1.82, 2.24) is 4.90 Å². The summed E-state index contributed by atoms with van der Waals surface area (Å²) in [7, 11) is 1.68. The molecule has 3 saturated heterocycles. The summed E-state index contributed by atoms with van der Waals surface area (Å²) in [6.07, 6.45) is -0.406. The number of nitrogens with zero attached hydrogens (tertiary/aromatic N) is 2. The smallest absolute Gasteiger partial charge is 0.375 e. The summed E-state index contributed by atoms with van der Waals surface area (Å²) >= 11 is 0. The van der Waals surface area contributed by atoms with E-state index in [9.17, 15) is 18.0 Å². The summed E-state index contributed by atoms with van der Waals surface area (Å²) in [6, 6.07) is 13.1. The molecule has 3 fully saturated rings. The van der Waals surface area contributed by atoms with Gasteiger partial charge in [-0.3, -0.25) is 4.79 Å². The molecule has 2 aromatic rings. The lowest BCUT2D eigenvalue weighted by atomic mass is 9.71. The molecule has 0 saturated carbocycles. The number of benzene rings is 2. The van der Waals surface area contributed by atoms with Gasteiger partial charge in [-0.2, -0.15) is 13.2 Å². The summed E-state index contributed by atoms with van der Waals surface area (Å²) in [6.45, 7) is 4.17. The number of carbonyl (C=O) groups is 1. The second-order valence-corrected chi connectivity index (χ2v) is 10.1. The van der Waals surface area contributed by atoms with Crippen LogP contribution in [0.4, 0.5) is 18.9 Å². The van der Waals surface area contributed by atoms with Gasteiger partial charge >= 0.3 is 6.18 Å². The number of ether oxygens (including phenoxy) is 2. The molecule has 0 bridgehead atoms. The van der Waals surface area contributed by atoms with Gasteiger partial charge in [-0.1, -0.05) is 12.1 Å². The van der Waals surface area contributed by atoms with Crippen molar-refractivity contribution in [2.75, 3.05) is 51.4 Å². The van der Waals surface area contributed by atoms with Crippen molar-refractivity contribution in [3.05, 3.63) is 65.2 Å². The number of methoxy groups -OCH3 is 1. The Morgan fingerprint density at radius 3 is 1.94 bits per heavy atom. The minimum absolute atomic E-state index is 0.0601. The van der Waals surface area contributed by atoms with Crippen LogP contribution < -0.4 is 4.90 Å². The standard InChI is InChI=1S/C27H31F3N2O3/c1-34-26(18-35-19-26)21-4-2-20(3-5-21)24(33)32-16-12-25(13-17-32)10-14-31(15-11-25)23-8-6-22(7-9-23)27(28,29)30/h2-9H,10-19H2,1H3. The van der Waals surface area contributed by atoms with Gasteiger partial charge in [-0.05, 0) is 73.1 Å². The Bertz CT molecular complexity index is 1030.